The van der Waals surface area contributed by atoms with Crippen LogP contribution in [0.4, 0.5) is 15.9 Å². The third kappa shape index (κ3) is 5.92. The molecular weight excluding hydrogens is 347 g/mol. The maximum atomic E-state index is 13.1. The van der Waals surface area contributed by atoms with Crippen LogP contribution in [0.1, 0.15) is 31.4 Å². The molecule has 0 aliphatic carbocycles. The Hall–Kier alpha value is -2.67. The van der Waals surface area contributed by atoms with Crippen molar-refractivity contribution >= 4 is 17.5 Å². The molecule has 0 bridgehead atoms. The summed E-state index contributed by atoms with van der Waals surface area (Å²) in [5.74, 6) is -0.967. The van der Waals surface area contributed by atoms with Crippen molar-refractivity contribution in [2.24, 2.45) is 0 Å². The Morgan fingerprint density at radius 1 is 1.26 bits per heavy atom. The zero-order valence-electron chi connectivity index (χ0n) is 15.8. The van der Waals surface area contributed by atoms with Crippen molar-refractivity contribution in [3.8, 4) is 0 Å². The Balaban J connectivity index is 1.70. The summed E-state index contributed by atoms with van der Waals surface area (Å²) in [6.45, 7) is 5.67. The molecule has 1 heterocycles. The Morgan fingerprint density at radius 3 is 2.78 bits per heavy atom. The van der Waals surface area contributed by atoms with Gasteiger partial charge in [-0.3, -0.25) is 4.79 Å². The van der Waals surface area contributed by atoms with Gasteiger partial charge in [0, 0.05) is 12.6 Å². The number of aromatic nitrogens is 1. The third-order valence-electron chi connectivity index (χ3n) is 4.50. The summed E-state index contributed by atoms with van der Waals surface area (Å²) in [7, 11) is 0. The van der Waals surface area contributed by atoms with E-state index >= 15 is 0 Å². The van der Waals surface area contributed by atoms with Crippen LogP contribution in [-0.2, 0) is 16.6 Å². The number of hydrogen-bond donors (Lipinski definition) is 4. The molecule has 0 saturated heterocycles. The van der Waals surface area contributed by atoms with Crippen LogP contribution < -0.4 is 16.4 Å². The molecule has 0 atom stereocenters. The second-order valence-electron chi connectivity index (χ2n) is 7.00. The van der Waals surface area contributed by atoms with Gasteiger partial charge in [-0.05, 0) is 50.9 Å². The molecule has 1 aromatic heterocycles. The standard InChI is InChI=1S/C20H27FN4O2/c1-20(2,19(26)27)15-6-3-5-14(11-15)7-10-23-8-4-9-24-17-12-16(21)13-25-18(17)22/h3,5-6,11-13,23-24H,4,7-10H2,1-2H3,(H2,22,25)(H,26,27). The van der Waals surface area contributed by atoms with E-state index in [0.717, 1.165) is 43.3 Å². The first-order valence-corrected chi connectivity index (χ1v) is 8.99. The van der Waals surface area contributed by atoms with Gasteiger partial charge in [0.2, 0.25) is 0 Å². The Labute approximate surface area is 159 Å². The van der Waals surface area contributed by atoms with E-state index in [9.17, 15) is 14.3 Å². The Bertz CT molecular complexity index is 780. The molecule has 0 saturated carbocycles. The number of hydrogen-bond acceptors (Lipinski definition) is 5. The van der Waals surface area contributed by atoms with Gasteiger partial charge in [-0.1, -0.05) is 24.3 Å². The molecule has 0 fully saturated rings. The monoisotopic (exact) mass is 374 g/mol. The number of halogens is 1. The normalized spacial score (nSPS) is 11.4. The number of benzene rings is 1. The molecule has 2 aromatic rings. The summed E-state index contributed by atoms with van der Waals surface area (Å²) < 4.78 is 13.1. The molecule has 146 valence electrons. The summed E-state index contributed by atoms with van der Waals surface area (Å²) in [5.41, 5.74) is 7.20. The van der Waals surface area contributed by atoms with Gasteiger partial charge in [-0.25, -0.2) is 9.37 Å². The molecule has 5 N–H and O–H groups in total. The first-order chi connectivity index (χ1) is 12.8. The first-order valence-electron chi connectivity index (χ1n) is 8.99. The van der Waals surface area contributed by atoms with E-state index in [1.807, 2.05) is 24.3 Å². The quantitative estimate of drug-likeness (QED) is 0.477. The van der Waals surface area contributed by atoms with E-state index in [4.69, 9.17) is 5.73 Å². The lowest BCUT2D eigenvalue weighted by Crippen LogP contribution is -2.28. The summed E-state index contributed by atoms with van der Waals surface area (Å²) in [5, 5.41) is 15.8. The number of nitrogen functional groups attached to an aromatic ring is 1. The molecule has 6 nitrogen and oxygen atoms in total. The number of nitrogens with two attached hydrogens (primary N) is 1. The number of anilines is 2. The van der Waals surface area contributed by atoms with Crippen LogP contribution in [0.2, 0.25) is 0 Å². The average Bonchev–Trinajstić information content (AvgIpc) is 2.63. The molecule has 1 aromatic carbocycles. The number of carbonyl (C=O) groups is 1. The summed E-state index contributed by atoms with van der Waals surface area (Å²) in [4.78, 5) is 15.1. The lowest BCUT2D eigenvalue weighted by Gasteiger charge is -2.20. The van der Waals surface area contributed by atoms with Crippen LogP contribution in [0.25, 0.3) is 0 Å². The molecule has 7 heteroatoms. The van der Waals surface area contributed by atoms with Gasteiger partial charge in [0.15, 0.2) is 0 Å². The molecule has 0 radical (unpaired) electrons. The molecule has 27 heavy (non-hydrogen) atoms. The Kier molecular flexibility index (Phi) is 7.12. The van der Waals surface area contributed by atoms with Crippen molar-refractivity contribution in [1.29, 1.82) is 0 Å². The van der Waals surface area contributed by atoms with Gasteiger partial charge < -0.3 is 21.5 Å². The summed E-state index contributed by atoms with van der Waals surface area (Å²) in [6.07, 6.45) is 2.76. The summed E-state index contributed by atoms with van der Waals surface area (Å²) >= 11 is 0. The predicted octanol–water partition coefficient (Wildman–Crippen LogP) is 2.80. The SMILES string of the molecule is CC(C)(C(=O)O)c1cccc(CCNCCCNc2cc(F)cnc2N)c1. The van der Waals surface area contributed by atoms with E-state index in [0.29, 0.717) is 12.2 Å². The molecule has 2 rings (SSSR count). The molecular formula is C20H27FN4O2. The van der Waals surface area contributed by atoms with Crippen LogP contribution in [0, 0.1) is 5.82 Å². The van der Waals surface area contributed by atoms with Crippen LogP contribution in [0.15, 0.2) is 36.5 Å². The minimum Gasteiger partial charge on any atom is -0.481 e. The van der Waals surface area contributed by atoms with Gasteiger partial charge in [-0.2, -0.15) is 0 Å². The van der Waals surface area contributed by atoms with Crippen LogP contribution in [-0.4, -0.2) is 35.7 Å². The number of aliphatic carboxylic acids is 1. The minimum absolute atomic E-state index is 0.286. The van der Waals surface area contributed by atoms with Crippen molar-refractivity contribution in [3.05, 3.63) is 53.5 Å². The number of pyridine rings is 1. The van der Waals surface area contributed by atoms with Crippen molar-refractivity contribution < 1.29 is 14.3 Å². The van der Waals surface area contributed by atoms with Crippen molar-refractivity contribution in [2.75, 3.05) is 30.7 Å². The Morgan fingerprint density at radius 2 is 2.04 bits per heavy atom. The number of nitrogens with zero attached hydrogens (tertiary/aromatic N) is 1. The average molecular weight is 374 g/mol. The molecule has 0 unspecified atom stereocenters. The van der Waals surface area contributed by atoms with E-state index in [-0.39, 0.29) is 5.82 Å². The predicted molar refractivity (Wildman–Crippen MR) is 105 cm³/mol. The fourth-order valence-corrected chi connectivity index (χ4v) is 2.62. The zero-order valence-corrected chi connectivity index (χ0v) is 15.8. The number of carboxylic acid groups (broad SMARTS) is 1. The smallest absolute Gasteiger partial charge is 0.313 e. The maximum absolute atomic E-state index is 13.1. The second-order valence-corrected chi connectivity index (χ2v) is 7.00. The number of nitrogens with one attached hydrogen (secondary N) is 2. The highest BCUT2D eigenvalue weighted by molar-refractivity contribution is 5.80. The highest BCUT2D eigenvalue weighted by atomic mass is 19.1. The third-order valence-corrected chi connectivity index (χ3v) is 4.50. The molecule has 0 aliphatic heterocycles. The fraction of sp³-hybridized carbons (Fsp3) is 0.400. The topological polar surface area (TPSA) is 100 Å². The van der Waals surface area contributed by atoms with Crippen molar-refractivity contribution in [1.82, 2.24) is 10.3 Å². The molecule has 0 amide bonds. The molecule has 0 spiro atoms. The number of rotatable bonds is 10. The van der Waals surface area contributed by atoms with E-state index in [1.165, 1.54) is 6.07 Å². The maximum Gasteiger partial charge on any atom is 0.313 e. The van der Waals surface area contributed by atoms with Crippen LogP contribution in [0.3, 0.4) is 0 Å². The highest BCUT2D eigenvalue weighted by Gasteiger charge is 2.29. The van der Waals surface area contributed by atoms with E-state index < -0.39 is 17.2 Å². The van der Waals surface area contributed by atoms with Gasteiger partial charge >= 0.3 is 5.97 Å². The van der Waals surface area contributed by atoms with E-state index in [2.05, 4.69) is 15.6 Å². The summed E-state index contributed by atoms with van der Waals surface area (Å²) in [6, 6.07) is 9.04. The van der Waals surface area contributed by atoms with Gasteiger partial charge in [0.25, 0.3) is 0 Å². The lowest BCUT2D eigenvalue weighted by molar-refractivity contribution is -0.142. The zero-order chi connectivity index (χ0) is 19.9. The second kappa shape index (κ2) is 9.32. The molecule has 0 aliphatic rings. The highest BCUT2D eigenvalue weighted by Crippen LogP contribution is 2.24. The van der Waals surface area contributed by atoms with Crippen LogP contribution >= 0.6 is 0 Å². The van der Waals surface area contributed by atoms with Crippen molar-refractivity contribution in [2.45, 2.75) is 32.1 Å². The van der Waals surface area contributed by atoms with Crippen molar-refractivity contribution in [3.63, 3.8) is 0 Å². The van der Waals surface area contributed by atoms with Gasteiger partial charge in [-0.15, -0.1) is 0 Å². The number of carboxylic acids is 1. The fourth-order valence-electron chi connectivity index (χ4n) is 2.62. The van der Waals surface area contributed by atoms with Crippen LogP contribution in [0.5, 0.6) is 0 Å². The van der Waals surface area contributed by atoms with E-state index in [1.54, 1.807) is 13.8 Å². The van der Waals surface area contributed by atoms with Gasteiger partial charge in [0.05, 0.1) is 17.3 Å². The lowest BCUT2D eigenvalue weighted by atomic mass is 9.84. The first kappa shape index (κ1) is 20.6. The minimum atomic E-state index is -0.900. The largest absolute Gasteiger partial charge is 0.481 e. The van der Waals surface area contributed by atoms with Gasteiger partial charge in [0.1, 0.15) is 11.6 Å².